The van der Waals surface area contributed by atoms with Gasteiger partial charge in [-0.3, -0.25) is 33.6 Å². The Balaban J connectivity index is 3.08. The van der Waals surface area contributed by atoms with Crippen LogP contribution in [0.15, 0.2) is 30.3 Å². The Bertz CT molecular complexity index is 983. The number of hydrogen-bond acceptors (Lipinski definition) is 7. The highest BCUT2D eigenvalue weighted by molar-refractivity contribution is 5.96. The number of nitrogens with two attached hydrogens (primary N) is 1. The van der Waals surface area contributed by atoms with E-state index in [9.17, 15) is 38.7 Å². The first kappa shape index (κ1) is 29.5. The summed E-state index contributed by atoms with van der Waals surface area (Å²) >= 11 is 0. The maximum absolute atomic E-state index is 12.9. The van der Waals surface area contributed by atoms with Crippen LogP contribution < -0.4 is 27.0 Å². The topological polar surface area (TPSA) is 234 Å². The molecule has 0 bridgehead atoms. The van der Waals surface area contributed by atoms with E-state index in [0.717, 1.165) is 6.92 Å². The molecule has 0 aliphatic heterocycles. The van der Waals surface area contributed by atoms with Crippen molar-refractivity contribution in [1.82, 2.24) is 21.3 Å². The van der Waals surface area contributed by atoms with Crippen molar-refractivity contribution < 1.29 is 43.8 Å². The smallest absolute Gasteiger partial charge is 0.322 e. The lowest BCUT2D eigenvalue weighted by Gasteiger charge is -2.24. The first-order chi connectivity index (χ1) is 16.9. The normalized spacial score (nSPS) is 12.8. The molecule has 0 aromatic heterocycles. The zero-order valence-corrected chi connectivity index (χ0v) is 19.5. The standard InChI is InChI=1S/C22H29N5O9/c1-12(28)25-14(7-8-17(23)29)21(35)27-16(10-18(30)31)22(36)26-15(20(34)24-11-19(32)33)9-13-5-3-2-4-6-13/h2-6,14-16H,7-11H2,1H3,(H2,23,29)(H,24,34)(H,25,28)(H,26,36)(H,27,35)(H,30,31)(H,32,33)/t14-,15-,16-/m0/s1. The van der Waals surface area contributed by atoms with Gasteiger partial charge in [0, 0.05) is 19.8 Å². The van der Waals surface area contributed by atoms with E-state index in [1.54, 1.807) is 30.3 Å². The van der Waals surface area contributed by atoms with E-state index in [1.807, 2.05) is 0 Å². The first-order valence-electron chi connectivity index (χ1n) is 10.8. The van der Waals surface area contributed by atoms with E-state index < -0.39 is 72.6 Å². The van der Waals surface area contributed by atoms with E-state index in [4.69, 9.17) is 10.8 Å². The Morgan fingerprint density at radius 1 is 0.806 bits per heavy atom. The molecule has 0 saturated carbocycles. The fourth-order valence-electron chi connectivity index (χ4n) is 3.07. The number of rotatable bonds is 15. The fraction of sp³-hybridized carbons (Fsp3) is 0.409. The molecular weight excluding hydrogens is 478 g/mol. The van der Waals surface area contributed by atoms with Gasteiger partial charge in [0.15, 0.2) is 0 Å². The van der Waals surface area contributed by atoms with Gasteiger partial charge < -0.3 is 37.2 Å². The third-order valence-corrected chi connectivity index (χ3v) is 4.71. The predicted molar refractivity (Wildman–Crippen MR) is 123 cm³/mol. The van der Waals surface area contributed by atoms with Crippen LogP contribution in [0.3, 0.4) is 0 Å². The maximum atomic E-state index is 12.9. The van der Waals surface area contributed by atoms with Crippen LogP contribution in [0.5, 0.6) is 0 Å². The average molecular weight is 508 g/mol. The number of carboxylic acid groups (broad SMARTS) is 2. The van der Waals surface area contributed by atoms with Gasteiger partial charge in [-0.05, 0) is 12.0 Å². The molecular formula is C22H29N5O9. The lowest BCUT2D eigenvalue weighted by atomic mass is 10.0. The summed E-state index contributed by atoms with van der Waals surface area (Å²) in [5.41, 5.74) is 5.69. The van der Waals surface area contributed by atoms with E-state index in [-0.39, 0.29) is 19.3 Å². The van der Waals surface area contributed by atoms with Gasteiger partial charge in [0.1, 0.15) is 24.7 Å². The number of aliphatic carboxylic acids is 2. The van der Waals surface area contributed by atoms with Gasteiger partial charge in [-0.1, -0.05) is 30.3 Å². The van der Waals surface area contributed by atoms with Crippen molar-refractivity contribution in [2.75, 3.05) is 6.54 Å². The molecule has 14 nitrogen and oxygen atoms in total. The molecule has 0 unspecified atom stereocenters. The van der Waals surface area contributed by atoms with Crippen molar-refractivity contribution >= 4 is 41.5 Å². The van der Waals surface area contributed by atoms with Crippen LogP contribution in [0.2, 0.25) is 0 Å². The van der Waals surface area contributed by atoms with Crippen molar-refractivity contribution in [3.05, 3.63) is 35.9 Å². The highest BCUT2D eigenvalue weighted by Crippen LogP contribution is 2.06. The molecule has 5 amide bonds. The molecule has 1 aromatic carbocycles. The summed E-state index contributed by atoms with van der Waals surface area (Å²) in [6.07, 6.45) is -1.39. The number of carbonyl (C=O) groups is 7. The zero-order chi connectivity index (χ0) is 27.3. The highest BCUT2D eigenvalue weighted by Gasteiger charge is 2.31. The number of carboxylic acids is 2. The summed E-state index contributed by atoms with van der Waals surface area (Å²) in [6, 6.07) is 4.19. The van der Waals surface area contributed by atoms with Crippen LogP contribution in [0.1, 0.15) is 31.7 Å². The molecule has 0 fully saturated rings. The Morgan fingerprint density at radius 2 is 1.39 bits per heavy atom. The van der Waals surface area contributed by atoms with Crippen molar-refractivity contribution in [2.24, 2.45) is 5.73 Å². The lowest BCUT2D eigenvalue weighted by Crippen LogP contribution is -2.57. The molecule has 1 rings (SSSR count). The van der Waals surface area contributed by atoms with Crippen molar-refractivity contribution in [2.45, 2.75) is 50.7 Å². The number of amides is 5. The van der Waals surface area contributed by atoms with Gasteiger partial charge in [0.05, 0.1) is 6.42 Å². The summed E-state index contributed by atoms with van der Waals surface area (Å²) in [6.45, 7) is 0.406. The Hall–Kier alpha value is -4.49. The van der Waals surface area contributed by atoms with Gasteiger partial charge in [-0.25, -0.2) is 0 Å². The van der Waals surface area contributed by atoms with Gasteiger partial charge in [-0.2, -0.15) is 0 Å². The summed E-state index contributed by atoms with van der Waals surface area (Å²) < 4.78 is 0. The van der Waals surface area contributed by atoms with Gasteiger partial charge in [0.2, 0.25) is 29.5 Å². The van der Waals surface area contributed by atoms with Crippen LogP contribution in [-0.2, 0) is 40.0 Å². The van der Waals surface area contributed by atoms with E-state index in [2.05, 4.69) is 21.3 Å². The van der Waals surface area contributed by atoms with E-state index in [1.165, 1.54) is 0 Å². The lowest BCUT2D eigenvalue weighted by molar-refractivity contribution is -0.142. The van der Waals surface area contributed by atoms with E-state index >= 15 is 0 Å². The number of nitrogens with one attached hydrogen (secondary N) is 4. The molecule has 0 aliphatic carbocycles. The molecule has 0 aliphatic rings. The van der Waals surface area contributed by atoms with Crippen LogP contribution in [-0.4, -0.2) is 76.4 Å². The quantitative estimate of drug-likeness (QED) is 0.134. The summed E-state index contributed by atoms with van der Waals surface area (Å²) in [4.78, 5) is 82.8. The van der Waals surface area contributed by atoms with Crippen LogP contribution in [0, 0.1) is 0 Å². The molecule has 1 aromatic rings. The van der Waals surface area contributed by atoms with Crippen molar-refractivity contribution in [3.8, 4) is 0 Å². The Kier molecular flexibility index (Phi) is 12.1. The van der Waals surface area contributed by atoms with Crippen LogP contribution in [0.25, 0.3) is 0 Å². The van der Waals surface area contributed by atoms with E-state index in [0.29, 0.717) is 5.56 Å². The molecule has 196 valence electrons. The summed E-state index contributed by atoms with van der Waals surface area (Å²) in [7, 11) is 0. The minimum atomic E-state index is -1.66. The molecule has 0 heterocycles. The third-order valence-electron chi connectivity index (χ3n) is 4.71. The summed E-state index contributed by atoms with van der Waals surface area (Å²) in [5.74, 6) is -6.93. The zero-order valence-electron chi connectivity index (χ0n) is 19.5. The molecule has 14 heteroatoms. The Morgan fingerprint density at radius 3 is 1.92 bits per heavy atom. The second-order valence-corrected chi connectivity index (χ2v) is 7.78. The van der Waals surface area contributed by atoms with Gasteiger partial charge in [-0.15, -0.1) is 0 Å². The fourth-order valence-corrected chi connectivity index (χ4v) is 3.07. The predicted octanol–water partition coefficient (Wildman–Crippen LogP) is -2.36. The number of benzene rings is 1. The number of carbonyl (C=O) groups excluding carboxylic acids is 5. The molecule has 0 spiro atoms. The minimum absolute atomic E-state index is 0.0566. The largest absolute Gasteiger partial charge is 0.481 e. The molecule has 0 radical (unpaired) electrons. The van der Waals surface area contributed by atoms with Crippen molar-refractivity contribution in [1.29, 1.82) is 0 Å². The SMILES string of the molecule is CC(=O)N[C@@H](CCC(N)=O)C(=O)N[C@@H](CC(=O)O)C(=O)N[C@@H](Cc1ccccc1)C(=O)NCC(=O)O. The minimum Gasteiger partial charge on any atom is -0.481 e. The Labute approximate surface area is 206 Å². The summed E-state index contributed by atoms with van der Waals surface area (Å²) in [5, 5.41) is 27.0. The maximum Gasteiger partial charge on any atom is 0.322 e. The third kappa shape index (κ3) is 11.6. The van der Waals surface area contributed by atoms with Gasteiger partial charge >= 0.3 is 11.9 Å². The first-order valence-corrected chi connectivity index (χ1v) is 10.8. The molecule has 36 heavy (non-hydrogen) atoms. The monoisotopic (exact) mass is 507 g/mol. The second-order valence-electron chi connectivity index (χ2n) is 7.78. The van der Waals surface area contributed by atoms with Crippen LogP contribution >= 0.6 is 0 Å². The number of hydrogen-bond donors (Lipinski definition) is 7. The average Bonchev–Trinajstić information content (AvgIpc) is 2.79. The van der Waals surface area contributed by atoms with Crippen molar-refractivity contribution in [3.63, 3.8) is 0 Å². The number of primary amides is 1. The molecule has 0 saturated heterocycles. The molecule has 8 N–H and O–H groups in total. The molecule has 3 atom stereocenters. The second kappa shape index (κ2) is 14.7. The van der Waals surface area contributed by atoms with Crippen LogP contribution in [0.4, 0.5) is 0 Å². The highest BCUT2D eigenvalue weighted by atomic mass is 16.4. The van der Waals surface area contributed by atoms with Gasteiger partial charge in [0.25, 0.3) is 0 Å².